The summed E-state index contributed by atoms with van der Waals surface area (Å²) in [6, 6.07) is 0. The third-order valence-electron chi connectivity index (χ3n) is 2.89. The van der Waals surface area contributed by atoms with Gasteiger partial charge in [-0.1, -0.05) is 0 Å². The summed E-state index contributed by atoms with van der Waals surface area (Å²) in [6.45, 7) is 4.14. The molecule has 0 saturated carbocycles. The molecule has 0 heterocycles. The Hall–Kier alpha value is -2.02. The van der Waals surface area contributed by atoms with Gasteiger partial charge in [0.25, 0.3) is 0 Å². The Kier molecular flexibility index (Phi) is 9.41. The van der Waals surface area contributed by atoms with Gasteiger partial charge in [-0.3, -0.25) is 19.2 Å². The highest BCUT2D eigenvalue weighted by Gasteiger charge is 2.57. The normalized spacial score (nSPS) is 12.7. The zero-order valence-corrected chi connectivity index (χ0v) is 16.8. The fourth-order valence-corrected chi connectivity index (χ4v) is 4.25. The van der Waals surface area contributed by atoms with Crippen LogP contribution in [-0.2, 0) is 51.4 Å². The first kappa shape index (κ1) is 24.0. The monoisotopic (exact) mass is 396 g/mol. The summed E-state index contributed by atoms with van der Waals surface area (Å²) in [5.74, 6) is -6.02. The molecule has 0 aromatic carbocycles. The minimum Gasteiger partial charge on any atom is -0.457 e. The largest absolute Gasteiger partial charge is 0.543 e. The molecule has 0 aliphatic carbocycles. The average molecular weight is 396 g/mol. The summed E-state index contributed by atoms with van der Waals surface area (Å²) in [4.78, 5) is 46.0. The lowest BCUT2D eigenvalue weighted by Crippen LogP contribution is -2.60. The van der Waals surface area contributed by atoms with Gasteiger partial charge in [0.2, 0.25) is 0 Å². The predicted molar refractivity (Wildman–Crippen MR) is 85.0 cm³/mol. The third-order valence-corrected chi connectivity index (χ3v) is 5.71. The molecule has 26 heavy (non-hydrogen) atoms. The van der Waals surface area contributed by atoms with E-state index in [4.69, 9.17) is 32.2 Å². The molecule has 0 rings (SSSR count). The van der Waals surface area contributed by atoms with Crippen molar-refractivity contribution in [3.63, 3.8) is 0 Å². The van der Waals surface area contributed by atoms with Crippen molar-refractivity contribution in [2.24, 2.45) is 0 Å². The Morgan fingerprint density at radius 1 is 0.731 bits per heavy atom. The molecule has 0 bridgehead atoms. The molecule has 0 aliphatic rings. The summed E-state index contributed by atoms with van der Waals surface area (Å²) in [5.41, 5.74) is -1.34. The van der Waals surface area contributed by atoms with E-state index in [0.29, 0.717) is 0 Å². The molecule has 150 valence electrons. The van der Waals surface area contributed by atoms with Crippen molar-refractivity contribution in [1.82, 2.24) is 0 Å². The first-order chi connectivity index (χ1) is 12.0. The van der Waals surface area contributed by atoms with Crippen molar-refractivity contribution in [2.45, 2.75) is 45.8 Å². The van der Waals surface area contributed by atoms with Crippen molar-refractivity contribution in [3.05, 3.63) is 0 Å². The van der Waals surface area contributed by atoms with Crippen LogP contribution < -0.4 is 0 Å². The maximum Gasteiger partial charge on any atom is 0.543 e. The van der Waals surface area contributed by atoms with Crippen LogP contribution in [-0.4, -0.2) is 65.7 Å². The van der Waals surface area contributed by atoms with Gasteiger partial charge in [0, 0.05) is 49.0 Å². The van der Waals surface area contributed by atoms with Crippen LogP contribution in [0.25, 0.3) is 0 Å². The van der Waals surface area contributed by atoms with Crippen LogP contribution in [0.1, 0.15) is 34.1 Å². The highest BCUT2D eigenvalue weighted by molar-refractivity contribution is 6.62. The van der Waals surface area contributed by atoms with Crippen LogP contribution in [0.2, 0.25) is 0 Å². The van der Waals surface area contributed by atoms with Crippen molar-refractivity contribution in [1.29, 1.82) is 0 Å². The second-order valence-corrected chi connectivity index (χ2v) is 8.06. The van der Waals surface area contributed by atoms with Gasteiger partial charge in [-0.05, 0) is 0 Å². The number of carbonyl (C=O) groups excluding carboxylic acids is 4. The van der Waals surface area contributed by atoms with Crippen LogP contribution >= 0.6 is 0 Å². The first-order valence-electron chi connectivity index (χ1n) is 7.37. The molecule has 0 saturated heterocycles. The molecule has 11 nitrogen and oxygen atoms in total. The van der Waals surface area contributed by atoms with Crippen molar-refractivity contribution in [3.8, 4) is 0 Å². The van der Waals surface area contributed by atoms with Gasteiger partial charge in [0.15, 0.2) is 5.73 Å². The Morgan fingerprint density at radius 2 is 1.08 bits per heavy atom. The molecule has 0 aromatic heterocycles. The van der Waals surface area contributed by atoms with E-state index < -0.39 is 50.8 Å². The summed E-state index contributed by atoms with van der Waals surface area (Å²) in [6.07, 6.45) is -0.632. The number of hydrogen-bond acceptors (Lipinski definition) is 11. The number of hydrogen-bond donors (Lipinski definition) is 0. The Balaban J connectivity index is 6.13. The van der Waals surface area contributed by atoms with Crippen LogP contribution in [0, 0.1) is 0 Å². The lowest BCUT2D eigenvalue weighted by atomic mass is 10.3. The quantitative estimate of drug-likeness (QED) is 0.282. The molecule has 12 heteroatoms. The van der Waals surface area contributed by atoms with E-state index in [1.807, 2.05) is 0 Å². The lowest BCUT2D eigenvalue weighted by molar-refractivity contribution is -0.335. The highest BCUT2D eigenvalue weighted by atomic mass is 28.4. The van der Waals surface area contributed by atoms with Gasteiger partial charge in [-0.25, -0.2) is 0 Å². The van der Waals surface area contributed by atoms with E-state index in [1.54, 1.807) is 0 Å². The molecule has 0 aromatic rings. The van der Waals surface area contributed by atoms with E-state index in [1.165, 1.54) is 21.3 Å². The third kappa shape index (κ3) is 7.07. The molecule has 1 unspecified atom stereocenters. The smallest absolute Gasteiger partial charge is 0.457 e. The van der Waals surface area contributed by atoms with Crippen LogP contribution in [0.15, 0.2) is 0 Å². The maximum absolute atomic E-state index is 11.5. The Morgan fingerprint density at radius 3 is 1.31 bits per heavy atom. The van der Waals surface area contributed by atoms with Gasteiger partial charge >= 0.3 is 38.7 Å². The molecule has 0 N–H and O–H groups in total. The zero-order chi connectivity index (χ0) is 20.5. The zero-order valence-electron chi connectivity index (χ0n) is 15.8. The maximum atomic E-state index is 11.5. The fraction of sp³-hybridized carbons (Fsp3) is 0.714. The number of esters is 4. The second kappa shape index (κ2) is 10.2. The number of carbonyl (C=O) groups is 4. The summed E-state index contributed by atoms with van der Waals surface area (Å²) >= 11 is 0. The summed E-state index contributed by atoms with van der Waals surface area (Å²) in [5, 5.41) is 0. The summed E-state index contributed by atoms with van der Waals surface area (Å²) < 4.78 is 35.7. The van der Waals surface area contributed by atoms with Crippen molar-refractivity contribution >= 4 is 32.7 Å². The Bertz CT molecular complexity index is 480. The molecular weight excluding hydrogens is 372 g/mol. The topological polar surface area (TPSA) is 133 Å². The van der Waals surface area contributed by atoms with E-state index >= 15 is 0 Å². The second-order valence-electron chi connectivity index (χ2n) is 4.98. The van der Waals surface area contributed by atoms with Gasteiger partial charge in [0.05, 0.1) is 0 Å². The standard InChI is InChI=1S/C14H24O11Si/c1-9(15)22-13(26(19-5,20-6)21-7)8-14(23-10(2)16,24-11(3)17)25-12(4)18/h13H,8H2,1-7H3. The molecule has 0 amide bonds. The summed E-state index contributed by atoms with van der Waals surface area (Å²) in [7, 11) is 0.0632. The Labute approximate surface area is 152 Å². The van der Waals surface area contributed by atoms with Crippen molar-refractivity contribution in [2.75, 3.05) is 21.3 Å². The van der Waals surface area contributed by atoms with Crippen LogP contribution in [0.4, 0.5) is 0 Å². The highest BCUT2D eigenvalue weighted by Crippen LogP contribution is 2.30. The SMILES string of the molecule is CO[Si](OC)(OC)C(CC(OC(C)=O)(OC(C)=O)OC(C)=O)OC(C)=O. The van der Waals surface area contributed by atoms with Gasteiger partial charge in [-0.2, -0.15) is 0 Å². The molecule has 1 atom stereocenters. The minimum absolute atomic E-state index is 0.632. The fourth-order valence-electron chi connectivity index (χ4n) is 2.16. The van der Waals surface area contributed by atoms with E-state index in [2.05, 4.69) is 0 Å². The molecular formula is C14H24O11Si. The van der Waals surface area contributed by atoms with E-state index in [9.17, 15) is 19.2 Å². The van der Waals surface area contributed by atoms with E-state index in [0.717, 1.165) is 27.7 Å². The molecule has 0 aliphatic heterocycles. The predicted octanol–water partition coefficient (Wildman–Crippen LogP) is 0.0686. The number of rotatable bonds is 10. The van der Waals surface area contributed by atoms with Gasteiger partial charge in [0.1, 0.15) is 6.42 Å². The minimum atomic E-state index is -3.69. The van der Waals surface area contributed by atoms with Gasteiger partial charge < -0.3 is 32.2 Å². The average Bonchev–Trinajstić information content (AvgIpc) is 2.46. The molecule has 0 radical (unpaired) electrons. The first-order valence-corrected chi connectivity index (χ1v) is 9.17. The van der Waals surface area contributed by atoms with Gasteiger partial charge in [-0.15, -0.1) is 0 Å². The van der Waals surface area contributed by atoms with E-state index in [-0.39, 0.29) is 0 Å². The van der Waals surface area contributed by atoms with Crippen LogP contribution in [0.5, 0.6) is 0 Å². The lowest BCUT2D eigenvalue weighted by Gasteiger charge is -2.37. The number of ether oxygens (including phenoxy) is 4. The van der Waals surface area contributed by atoms with Crippen molar-refractivity contribution < 1.29 is 51.4 Å². The molecule has 0 fully saturated rings. The molecule has 0 spiro atoms. The van der Waals surface area contributed by atoms with Crippen LogP contribution in [0.3, 0.4) is 0 Å².